The number of ether oxygens (including phenoxy) is 1. The van der Waals surface area contributed by atoms with Crippen molar-refractivity contribution in [1.82, 2.24) is 15.6 Å². The minimum Gasteiger partial charge on any atom is -0.493 e. The molecule has 2 N–H and O–H groups in total. The van der Waals surface area contributed by atoms with Gasteiger partial charge in [-0.05, 0) is 43.4 Å². The van der Waals surface area contributed by atoms with Crippen molar-refractivity contribution in [1.29, 1.82) is 0 Å². The highest BCUT2D eigenvalue weighted by molar-refractivity contribution is 14.0. The minimum absolute atomic E-state index is 0. The molecule has 1 saturated heterocycles. The van der Waals surface area contributed by atoms with Crippen LogP contribution in [0, 0.1) is 11.7 Å². The molecule has 0 spiro atoms. The second kappa shape index (κ2) is 10.8. The SMILES string of the molecule is CN=C(NCc1ccccc1OCC1CC1)NC1CCN(c2ncccc2F)C1.I. The molecule has 4 rings (SSSR count). The number of rotatable bonds is 7. The Labute approximate surface area is 194 Å². The molecule has 30 heavy (non-hydrogen) atoms. The topological polar surface area (TPSA) is 61.8 Å². The molecule has 1 atom stereocenters. The van der Waals surface area contributed by atoms with Crippen LogP contribution in [0.15, 0.2) is 47.6 Å². The maximum atomic E-state index is 14.0. The van der Waals surface area contributed by atoms with E-state index in [0.29, 0.717) is 18.9 Å². The second-order valence-corrected chi connectivity index (χ2v) is 7.67. The molecule has 0 amide bonds. The predicted molar refractivity (Wildman–Crippen MR) is 128 cm³/mol. The average Bonchev–Trinajstić information content (AvgIpc) is 3.47. The zero-order chi connectivity index (χ0) is 20.1. The lowest BCUT2D eigenvalue weighted by atomic mass is 10.2. The van der Waals surface area contributed by atoms with Gasteiger partial charge in [0.2, 0.25) is 0 Å². The number of halogens is 2. The first-order chi connectivity index (χ1) is 14.2. The average molecular weight is 525 g/mol. The maximum Gasteiger partial charge on any atom is 0.191 e. The summed E-state index contributed by atoms with van der Waals surface area (Å²) in [5, 5.41) is 6.81. The minimum atomic E-state index is -0.279. The van der Waals surface area contributed by atoms with Crippen LogP contribution in [0.25, 0.3) is 0 Å². The van der Waals surface area contributed by atoms with Crippen molar-refractivity contribution in [3.05, 3.63) is 54.0 Å². The number of hydrogen-bond donors (Lipinski definition) is 2. The molecule has 2 aliphatic rings. The zero-order valence-electron chi connectivity index (χ0n) is 17.2. The van der Waals surface area contributed by atoms with E-state index < -0.39 is 0 Å². The summed E-state index contributed by atoms with van der Waals surface area (Å²) in [4.78, 5) is 10.5. The van der Waals surface area contributed by atoms with Gasteiger partial charge in [0.15, 0.2) is 17.6 Å². The Balaban J connectivity index is 0.00000256. The highest BCUT2D eigenvalue weighted by atomic mass is 127. The largest absolute Gasteiger partial charge is 0.493 e. The smallest absolute Gasteiger partial charge is 0.191 e. The van der Waals surface area contributed by atoms with E-state index in [9.17, 15) is 4.39 Å². The number of nitrogens with one attached hydrogen (secondary N) is 2. The molecule has 0 bridgehead atoms. The van der Waals surface area contributed by atoms with Crippen molar-refractivity contribution in [3.8, 4) is 5.75 Å². The van der Waals surface area contributed by atoms with Crippen LogP contribution in [0.5, 0.6) is 5.75 Å². The maximum absolute atomic E-state index is 14.0. The van der Waals surface area contributed by atoms with Gasteiger partial charge in [0, 0.05) is 44.5 Å². The van der Waals surface area contributed by atoms with Crippen LogP contribution in [-0.2, 0) is 6.54 Å². The fraction of sp³-hybridized carbons (Fsp3) is 0.455. The van der Waals surface area contributed by atoms with Gasteiger partial charge in [-0.2, -0.15) is 0 Å². The van der Waals surface area contributed by atoms with E-state index >= 15 is 0 Å². The third-order valence-electron chi connectivity index (χ3n) is 5.38. The van der Waals surface area contributed by atoms with E-state index in [4.69, 9.17) is 4.74 Å². The van der Waals surface area contributed by atoms with Crippen molar-refractivity contribution in [2.45, 2.75) is 31.8 Å². The molecule has 2 fully saturated rings. The summed E-state index contributed by atoms with van der Waals surface area (Å²) < 4.78 is 20.0. The van der Waals surface area contributed by atoms with Gasteiger partial charge in [0.05, 0.1) is 6.61 Å². The molecular formula is C22H29FIN5O. The van der Waals surface area contributed by atoms with Crippen LogP contribution in [-0.4, -0.2) is 43.7 Å². The van der Waals surface area contributed by atoms with Gasteiger partial charge >= 0.3 is 0 Å². The third-order valence-corrected chi connectivity index (χ3v) is 5.38. The summed E-state index contributed by atoms with van der Waals surface area (Å²) in [6.07, 6.45) is 5.08. The van der Waals surface area contributed by atoms with Crippen molar-refractivity contribution < 1.29 is 9.13 Å². The Morgan fingerprint density at radius 3 is 2.83 bits per heavy atom. The van der Waals surface area contributed by atoms with Crippen molar-refractivity contribution in [2.75, 3.05) is 31.6 Å². The Morgan fingerprint density at radius 2 is 2.07 bits per heavy atom. The van der Waals surface area contributed by atoms with Crippen LogP contribution >= 0.6 is 24.0 Å². The van der Waals surface area contributed by atoms with Crippen molar-refractivity contribution >= 4 is 35.8 Å². The van der Waals surface area contributed by atoms with E-state index in [2.05, 4.69) is 26.7 Å². The predicted octanol–water partition coefficient (Wildman–Crippen LogP) is 3.57. The van der Waals surface area contributed by atoms with Crippen LogP contribution in [0.4, 0.5) is 10.2 Å². The summed E-state index contributed by atoms with van der Waals surface area (Å²) in [7, 11) is 1.76. The number of benzene rings is 1. The van der Waals surface area contributed by atoms with Crippen LogP contribution in [0.1, 0.15) is 24.8 Å². The van der Waals surface area contributed by atoms with E-state index in [0.717, 1.165) is 42.8 Å². The Bertz CT molecular complexity index is 861. The number of aromatic nitrogens is 1. The van der Waals surface area contributed by atoms with Gasteiger partial charge in [-0.25, -0.2) is 9.37 Å². The molecule has 2 heterocycles. The van der Waals surface area contributed by atoms with Gasteiger partial charge in [0.25, 0.3) is 0 Å². The van der Waals surface area contributed by atoms with Gasteiger partial charge in [-0.15, -0.1) is 24.0 Å². The number of nitrogens with zero attached hydrogens (tertiary/aromatic N) is 3. The summed E-state index contributed by atoms with van der Waals surface area (Å²) >= 11 is 0. The van der Waals surface area contributed by atoms with E-state index in [1.54, 1.807) is 19.3 Å². The van der Waals surface area contributed by atoms with E-state index in [1.807, 2.05) is 23.1 Å². The molecule has 1 aliphatic carbocycles. The van der Waals surface area contributed by atoms with Crippen molar-refractivity contribution in [3.63, 3.8) is 0 Å². The number of para-hydroxylation sites is 1. The molecule has 1 saturated carbocycles. The molecule has 6 nitrogen and oxygen atoms in total. The van der Waals surface area contributed by atoms with Gasteiger partial charge in [-0.3, -0.25) is 4.99 Å². The monoisotopic (exact) mass is 525 g/mol. The number of pyridine rings is 1. The van der Waals surface area contributed by atoms with E-state index in [1.165, 1.54) is 18.9 Å². The summed E-state index contributed by atoms with van der Waals surface area (Å²) in [6, 6.07) is 11.4. The molecule has 0 radical (unpaired) electrons. The standard InChI is InChI=1S/C22H28FN5O.HI/c1-24-22(26-13-17-5-2-3-7-20(17)29-15-16-8-9-16)27-18-10-12-28(14-18)21-19(23)6-4-11-25-21;/h2-7,11,16,18H,8-10,12-15H2,1H3,(H2,24,26,27);1H. The van der Waals surface area contributed by atoms with Gasteiger partial charge in [0.1, 0.15) is 5.75 Å². The zero-order valence-corrected chi connectivity index (χ0v) is 19.5. The summed E-state index contributed by atoms with van der Waals surface area (Å²) in [5.74, 6) is 2.52. The molecule has 1 aromatic heterocycles. The first-order valence-corrected chi connectivity index (χ1v) is 10.3. The fourth-order valence-corrected chi connectivity index (χ4v) is 3.53. The van der Waals surface area contributed by atoms with Crippen molar-refractivity contribution in [2.24, 2.45) is 10.9 Å². The Kier molecular flexibility index (Phi) is 8.12. The van der Waals surface area contributed by atoms with E-state index in [-0.39, 0.29) is 35.8 Å². The quantitative estimate of drug-likeness (QED) is 0.329. The first-order valence-electron chi connectivity index (χ1n) is 10.3. The van der Waals surface area contributed by atoms with Gasteiger partial charge in [-0.1, -0.05) is 18.2 Å². The van der Waals surface area contributed by atoms with Crippen LogP contribution < -0.4 is 20.3 Å². The lowest BCUT2D eigenvalue weighted by Crippen LogP contribution is -2.44. The summed E-state index contributed by atoms with van der Waals surface area (Å²) in [6.45, 7) is 2.88. The van der Waals surface area contributed by atoms with Crippen LogP contribution in [0.2, 0.25) is 0 Å². The molecule has 1 aliphatic heterocycles. The number of hydrogen-bond acceptors (Lipinski definition) is 4. The third kappa shape index (κ3) is 5.96. The second-order valence-electron chi connectivity index (χ2n) is 7.67. The summed E-state index contributed by atoms with van der Waals surface area (Å²) in [5.41, 5.74) is 1.11. The molecule has 162 valence electrons. The van der Waals surface area contributed by atoms with Gasteiger partial charge < -0.3 is 20.3 Å². The van der Waals surface area contributed by atoms with Crippen LogP contribution in [0.3, 0.4) is 0 Å². The molecule has 1 aromatic carbocycles. The fourth-order valence-electron chi connectivity index (χ4n) is 3.53. The Hall–Kier alpha value is -2.10. The highest BCUT2D eigenvalue weighted by Gasteiger charge is 2.26. The lowest BCUT2D eigenvalue weighted by Gasteiger charge is -2.20. The number of guanidine groups is 1. The lowest BCUT2D eigenvalue weighted by molar-refractivity contribution is 0.296. The Morgan fingerprint density at radius 1 is 1.23 bits per heavy atom. The molecule has 1 unspecified atom stereocenters. The first kappa shape index (κ1) is 22.6. The molecular weight excluding hydrogens is 496 g/mol. The molecule has 2 aromatic rings. The number of aliphatic imine (C=N–C) groups is 1. The normalized spacial score (nSPS) is 18.7. The molecule has 8 heteroatoms. The highest BCUT2D eigenvalue weighted by Crippen LogP contribution is 2.30. The number of anilines is 1.